The lowest BCUT2D eigenvalue weighted by atomic mass is 10.1. The molecule has 0 radical (unpaired) electrons. The maximum absolute atomic E-state index is 10.8. The molecule has 0 bridgehead atoms. The molecule has 0 aliphatic rings. The van der Waals surface area contributed by atoms with E-state index in [1.54, 1.807) is 0 Å². The average Bonchev–Trinajstić information content (AvgIpc) is 2.60. The van der Waals surface area contributed by atoms with Gasteiger partial charge in [-0.25, -0.2) is 0 Å². The van der Waals surface area contributed by atoms with Crippen LogP contribution >= 0.6 is 11.8 Å². The number of carboxylic acids is 1. The van der Waals surface area contributed by atoms with Crippen molar-refractivity contribution in [1.29, 1.82) is 0 Å². The number of rotatable bonds is 5. The van der Waals surface area contributed by atoms with Gasteiger partial charge in [-0.15, -0.1) is 11.8 Å². The molecule has 1 aromatic rings. The average molecular weight is 244 g/mol. The Morgan fingerprint density at radius 2 is 2.38 bits per heavy atom. The van der Waals surface area contributed by atoms with E-state index in [1.807, 2.05) is 26.8 Å². The third-order valence-electron chi connectivity index (χ3n) is 2.28. The van der Waals surface area contributed by atoms with E-state index in [9.17, 15) is 4.79 Å². The van der Waals surface area contributed by atoms with E-state index >= 15 is 0 Å². The van der Waals surface area contributed by atoms with Gasteiger partial charge in [0.05, 0.1) is 5.69 Å². The molecule has 0 fully saturated rings. The maximum atomic E-state index is 10.8. The Morgan fingerprint density at radius 3 is 2.81 bits per heavy atom. The standard InChI is InChI=1S/C10H16N2O3S/c1-6-4-7(12-15-6)5-16-10(2,3)8(11)9(13)14/h4,8H,5,11H2,1-3H3,(H,13,14)/t8-/m1/s1. The summed E-state index contributed by atoms with van der Waals surface area (Å²) in [5, 5.41) is 12.7. The van der Waals surface area contributed by atoms with Crippen LogP contribution in [0.4, 0.5) is 0 Å². The smallest absolute Gasteiger partial charge is 0.321 e. The molecule has 1 rings (SSSR count). The number of nitrogens with two attached hydrogens (primary N) is 1. The third-order valence-corrected chi connectivity index (χ3v) is 3.72. The van der Waals surface area contributed by atoms with Crippen molar-refractivity contribution in [2.45, 2.75) is 37.3 Å². The van der Waals surface area contributed by atoms with Crippen LogP contribution in [0.15, 0.2) is 10.6 Å². The van der Waals surface area contributed by atoms with Gasteiger partial charge in [0.2, 0.25) is 0 Å². The summed E-state index contributed by atoms with van der Waals surface area (Å²) in [6, 6.07) is 0.931. The predicted octanol–water partition coefficient (Wildman–Crippen LogP) is 1.41. The fraction of sp³-hybridized carbons (Fsp3) is 0.600. The van der Waals surface area contributed by atoms with Gasteiger partial charge in [0, 0.05) is 16.6 Å². The van der Waals surface area contributed by atoms with Crippen molar-refractivity contribution < 1.29 is 14.4 Å². The lowest BCUT2D eigenvalue weighted by Crippen LogP contribution is -2.46. The first-order chi connectivity index (χ1) is 7.33. The van der Waals surface area contributed by atoms with Gasteiger partial charge in [-0.3, -0.25) is 4.79 Å². The molecule has 0 unspecified atom stereocenters. The number of thioether (sulfide) groups is 1. The molecular weight excluding hydrogens is 228 g/mol. The highest BCUT2D eigenvalue weighted by molar-refractivity contribution is 7.99. The molecule has 0 saturated carbocycles. The largest absolute Gasteiger partial charge is 0.480 e. The first-order valence-corrected chi connectivity index (χ1v) is 5.86. The Bertz CT molecular complexity index is 376. The normalized spacial score (nSPS) is 13.8. The zero-order valence-electron chi connectivity index (χ0n) is 9.56. The van der Waals surface area contributed by atoms with Gasteiger partial charge >= 0.3 is 5.97 Å². The van der Waals surface area contributed by atoms with E-state index in [0.29, 0.717) is 5.75 Å². The second-order valence-corrected chi connectivity index (χ2v) is 5.77. The molecule has 90 valence electrons. The first kappa shape index (κ1) is 13.1. The molecule has 0 spiro atoms. The van der Waals surface area contributed by atoms with Gasteiger partial charge in [0.1, 0.15) is 11.8 Å². The molecule has 5 nitrogen and oxygen atoms in total. The first-order valence-electron chi connectivity index (χ1n) is 4.87. The second-order valence-electron chi connectivity index (χ2n) is 4.14. The molecule has 0 amide bonds. The van der Waals surface area contributed by atoms with E-state index in [1.165, 1.54) is 11.8 Å². The predicted molar refractivity (Wildman–Crippen MR) is 62.2 cm³/mol. The minimum atomic E-state index is -0.992. The number of nitrogens with zero attached hydrogens (tertiary/aromatic N) is 1. The summed E-state index contributed by atoms with van der Waals surface area (Å²) >= 11 is 1.45. The van der Waals surface area contributed by atoms with Crippen LogP contribution in [0.1, 0.15) is 25.3 Å². The Hall–Kier alpha value is -1.01. The van der Waals surface area contributed by atoms with Gasteiger partial charge in [0.15, 0.2) is 0 Å². The Kier molecular flexibility index (Phi) is 3.98. The van der Waals surface area contributed by atoms with Gasteiger partial charge < -0.3 is 15.4 Å². The number of hydrogen-bond donors (Lipinski definition) is 2. The number of carboxylic acid groups (broad SMARTS) is 1. The molecule has 1 aromatic heterocycles. The molecule has 16 heavy (non-hydrogen) atoms. The molecule has 0 aromatic carbocycles. The molecule has 0 saturated heterocycles. The van der Waals surface area contributed by atoms with Gasteiger partial charge in [0.25, 0.3) is 0 Å². The van der Waals surface area contributed by atoms with E-state index in [2.05, 4.69) is 5.16 Å². The van der Waals surface area contributed by atoms with Crippen molar-refractivity contribution in [3.63, 3.8) is 0 Å². The van der Waals surface area contributed by atoms with Crippen molar-refractivity contribution in [3.8, 4) is 0 Å². The Morgan fingerprint density at radius 1 is 1.75 bits per heavy atom. The molecule has 1 heterocycles. The quantitative estimate of drug-likeness (QED) is 0.814. The minimum absolute atomic E-state index is 0.543. The third kappa shape index (κ3) is 3.24. The Labute approximate surface area is 98.4 Å². The number of aryl methyl sites for hydroxylation is 1. The van der Waals surface area contributed by atoms with Crippen molar-refractivity contribution in [2.24, 2.45) is 5.73 Å². The monoisotopic (exact) mass is 244 g/mol. The lowest BCUT2D eigenvalue weighted by Gasteiger charge is -2.27. The molecule has 0 aliphatic heterocycles. The van der Waals surface area contributed by atoms with Crippen LogP contribution in [-0.4, -0.2) is 27.0 Å². The summed E-state index contributed by atoms with van der Waals surface area (Å²) in [7, 11) is 0. The van der Waals surface area contributed by atoms with Gasteiger partial charge in [-0.05, 0) is 20.8 Å². The fourth-order valence-corrected chi connectivity index (χ4v) is 2.07. The summed E-state index contributed by atoms with van der Waals surface area (Å²) in [5.41, 5.74) is 6.40. The van der Waals surface area contributed by atoms with Gasteiger partial charge in [-0.1, -0.05) is 5.16 Å². The number of aromatic nitrogens is 1. The van der Waals surface area contributed by atoms with Crippen molar-refractivity contribution in [1.82, 2.24) is 5.16 Å². The number of hydrogen-bond acceptors (Lipinski definition) is 5. The van der Waals surface area contributed by atoms with Crippen molar-refractivity contribution in [2.75, 3.05) is 0 Å². The van der Waals surface area contributed by atoms with Crippen LogP contribution in [0, 0.1) is 6.92 Å². The highest BCUT2D eigenvalue weighted by atomic mass is 32.2. The lowest BCUT2D eigenvalue weighted by molar-refractivity contribution is -0.139. The summed E-state index contributed by atoms with van der Waals surface area (Å²) < 4.78 is 4.38. The van der Waals surface area contributed by atoms with Crippen LogP contribution in [0.25, 0.3) is 0 Å². The Balaban J connectivity index is 2.57. The molecular formula is C10H16N2O3S. The van der Waals surface area contributed by atoms with E-state index in [0.717, 1.165) is 11.5 Å². The SMILES string of the molecule is Cc1cc(CSC(C)(C)[C@H](N)C(=O)O)no1. The minimum Gasteiger partial charge on any atom is -0.480 e. The van der Waals surface area contributed by atoms with Crippen molar-refractivity contribution >= 4 is 17.7 Å². The van der Waals surface area contributed by atoms with Gasteiger partial charge in [-0.2, -0.15) is 0 Å². The van der Waals surface area contributed by atoms with Crippen molar-refractivity contribution in [3.05, 3.63) is 17.5 Å². The fourth-order valence-electron chi connectivity index (χ4n) is 1.13. The zero-order valence-corrected chi connectivity index (χ0v) is 10.4. The van der Waals surface area contributed by atoms with Crippen LogP contribution in [-0.2, 0) is 10.5 Å². The van der Waals surface area contributed by atoms with Crippen LogP contribution in [0.5, 0.6) is 0 Å². The second kappa shape index (κ2) is 4.88. The summed E-state index contributed by atoms with van der Waals surface area (Å²) in [5.74, 6) is 0.343. The highest BCUT2D eigenvalue weighted by Crippen LogP contribution is 2.30. The van der Waals surface area contributed by atoms with Crippen LogP contribution in [0.3, 0.4) is 0 Å². The molecule has 1 atom stereocenters. The topological polar surface area (TPSA) is 89.4 Å². The van der Waals surface area contributed by atoms with E-state index in [4.69, 9.17) is 15.4 Å². The van der Waals surface area contributed by atoms with Crippen LogP contribution < -0.4 is 5.73 Å². The zero-order chi connectivity index (χ0) is 12.3. The highest BCUT2D eigenvalue weighted by Gasteiger charge is 2.32. The molecule has 3 N–H and O–H groups in total. The summed E-state index contributed by atoms with van der Waals surface area (Å²) in [6.07, 6.45) is 0. The molecule has 6 heteroatoms. The van der Waals surface area contributed by atoms with E-state index in [-0.39, 0.29) is 0 Å². The molecule has 0 aliphatic carbocycles. The maximum Gasteiger partial charge on any atom is 0.321 e. The van der Waals surface area contributed by atoms with Crippen LogP contribution in [0.2, 0.25) is 0 Å². The summed E-state index contributed by atoms with van der Waals surface area (Å²) in [4.78, 5) is 10.8. The van der Waals surface area contributed by atoms with E-state index < -0.39 is 16.8 Å². The number of carbonyl (C=O) groups is 1. The number of aliphatic carboxylic acids is 1. The summed E-state index contributed by atoms with van der Waals surface area (Å²) in [6.45, 7) is 5.43.